The number of carboxylic acids is 1. The lowest BCUT2D eigenvalue weighted by Crippen LogP contribution is -2.51. The topological polar surface area (TPSA) is 70.1 Å². The number of carbonyl (C=O) groups is 2. The summed E-state index contributed by atoms with van der Waals surface area (Å²) in [6.07, 6.45) is 0. The maximum Gasteiger partial charge on any atom is 0.317 e. The number of aryl methyl sites for hydroxylation is 1. The Bertz CT molecular complexity index is 551. The summed E-state index contributed by atoms with van der Waals surface area (Å²) in [6.45, 7) is 6.28. The number of amides is 1. The van der Waals surface area contributed by atoms with Gasteiger partial charge in [-0.15, -0.1) is 0 Å². The molecule has 0 aliphatic carbocycles. The summed E-state index contributed by atoms with van der Waals surface area (Å²) in [7, 11) is 0. The Balaban J connectivity index is 1.81. The lowest BCUT2D eigenvalue weighted by Gasteiger charge is -2.33. The lowest BCUT2D eigenvalue weighted by atomic mass is 10.1. The Hall–Kier alpha value is -2.08. The predicted octanol–water partition coefficient (Wildman–Crippen LogP) is 0.911. The van der Waals surface area contributed by atoms with E-state index < -0.39 is 5.97 Å². The van der Waals surface area contributed by atoms with Crippen LogP contribution in [-0.2, 0) is 9.59 Å². The van der Waals surface area contributed by atoms with Crippen LogP contribution in [0, 0.1) is 13.8 Å². The van der Waals surface area contributed by atoms with Crippen molar-refractivity contribution in [3.05, 3.63) is 29.3 Å². The molecule has 0 unspecified atom stereocenters. The van der Waals surface area contributed by atoms with Crippen molar-refractivity contribution in [1.29, 1.82) is 0 Å². The van der Waals surface area contributed by atoms with Crippen LogP contribution in [-0.4, -0.2) is 66.1 Å². The van der Waals surface area contributed by atoms with Crippen molar-refractivity contribution in [3.8, 4) is 5.75 Å². The molecule has 2 rings (SSSR count). The molecule has 1 aromatic carbocycles. The molecule has 1 heterocycles. The Morgan fingerprint density at radius 2 is 1.86 bits per heavy atom. The van der Waals surface area contributed by atoms with Crippen LogP contribution in [0.1, 0.15) is 11.1 Å². The van der Waals surface area contributed by atoms with Crippen LogP contribution in [0.5, 0.6) is 5.75 Å². The van der Waals surface area contributed by atoms with Crippen molar-refractivity contribution >= 4 is 11.9 Å². The highest BCUT2D eigenvalue weighted by atomic mass is 16.5. The van der Waals surface area contributed by atoms with E-state index in [9.17, 15) is 9.59 Å². The van der Waals surface area contributed by atoms with E-state index in [2.05, 4.69) is 0 Å². The number of hydrogen-bond donors (Lipinski definition) is 1. The number of rotatable bonds is 5. The van der Waals surface area contributed by atoms with E-state index in [4.69, 9.17) is 9.84 Å². The molecule has 1 aromatic rings. The molecule has 1 saturated heterocycles. The highest BCUT2D eigenvalue weighted by Crippen LogP contribution is 2.20. The number of benzene rings is 1. The molecular weight excluding hydrogens is 284 g/mol. The molecule has 6 heteroatoms. The molecule has 0 radical (unpaired) electrons. The van der Waals surface area contributed by atoms with Gasteiger partial charge in [0.1, 0.15) is 5.75 Å². The fraction of sp³-hybridized carbons (Fsp3) is 0.500. The van der Waals surface area contributed by atoms with Gasteiger partial charge in [-0.2, -0.15) is 0 Å². The van der Waals surface area contributed by atoms with Crippen molar-refractivity contribution in [3.63, 3.8) is 0 Å². The smallest absolute Gasteiger partial charge is 0.317 e. The zero-order chi connectivity index (χ0) is 16.1. The van der Waals surface area contributed by atoms with E-state index >= 15 is 0 Å². The second kappa shape index (κ2) is 7.26. The Kier molecular flexibility index (Phi) is 5.38. The second-order valence-corrected chi connectivity index (χ2v) is 5.54. The van der Waals surface area contributed by atoms with Crippen molar-refractivity contribution in [2.24, 2.45) is 0 Å². The van der Waals surface area contributed by atoms with Crippen molar-refractivity contribution < 1.29 is 19.4 Å². The molecule has 0 saturated carbocycles. The number of nitrogens with zero attached hydrogens (tertiary/aromatic N) is 2. The molecule has 6 nitrogen and oxygen atoms in total. The van der Waals surface area contributed by atoms with E-state index in [1.54, 1.807) is 4.90 Å². The van der Waals surface area contributed by atoms with Crippen molar-refractivity contribution in [2.75, 3.05) is 39.3 Å². The first kappa shape index (κ1) is 16.3. The largest absolute Gasteiger partial charge is 0.483 e. The standard InChI is InChI=1S/C16H22N2O4/c1-12-4-3-5-14(13(12)2)22-11-15(19)18-8-6-17(7-9-18)10-16(20)21/h3-5H,6-11H2,1-2H3,(H,20,21). The quantitative estimate of drug-likeness (QED) is 0.875. The molecule has 0 bridgehead atoms. The van der Waals surface area contributed by atoms with Gasteiger partial charge < -0.3 is 14.7 Å². The van der Waals surface area contributed by atoms with E-state index in [0.717, 1.165) is 16.9 Å². The normalized spacial score (nSPS) is 15.6. The summed E-state index contributed by atoms with van der Waals surface area (Å²) in [5.74, 6) is -0.160. The van der Waals surface area contributed by atoms with Crippen LogP contribution in [0.4, 0.5) is 0 Å². The molecule has 120 valence electrons. The SMILES string of the molecule is Cc1cccc(OCC(=O)N2CCN(CC(=O)O)CC2)c1C. The van der Waals surface area contributed by atoms with Crippen LogP contribution in [0.15, 0.2) is 18.2 Å². The van der Waals surface area contributed by atoms with Gasteiger partial charge >= 0.3 is 5.97 Å². The predicted molar refractivity (Wildman–Crippen MR) is 82.1 cm³/mol. The monoisotopic (exact) mass is 306 g/mol. The van der Waals surface area contributed by atoms with E-state index in [1.807, 2.05) is 36.9 Å². The number of carboxylic acid groups (broad SMARTS) is 1. The van der Waals surface area contributed by atoms with E-state index in [1.165, 1.54) is 0 Å². The number of aliphatic carboxylic acids is 1. The summed E-state index contributed by atoms with van der Waals surface area (Å²) in [5.41, 5.74) is 2.17. The maximum absolute atomic E-state index is 12.2. The molecule has 1 aliphatic rings. The van der Waals surface area contributed by atoms with Crippen LogP contribution >= 0.6 is 0 Å². The fourth-order valence-corrected chi connectivity index (χ4v) is 2.46. The summed E-state index contributed by atoms with van der Waals surface area (Å²) in [5, 5.41) is 8.76. The minimum atomic E-state index is -0.835. The van der Waals surface area contributed by atoms with Gasteiger partial charge in [0.2, 0.25) is 0 Å². The van der Waals surface area contributed by atoms with Gasteiger partial charge in [0.25, 0.3) is 5.91 Å². The van der Waals surface area contributed by atoms with Gasteiger partial charge in [0, 0.05) is 26.2 Å². The molecule has 1 N–H and O–H groups in total. The van der Waals surface area contributed by atoms with Crippen LogP contribution in [0.3, 0.4) is 0 Å². The molecular formula is C16H22N2O4. The maximum atomic E-state index is 12.2. The van der Waals surface area contributed by atoms with Gasteiger partial charge in [-0.25, -0.2) is 0 Å². The molecule has 1 aliphatic heterocycles. The lowest BCUT2D eigenvalue weighted by molar-refractivity contribution is -0.139. The molecule has 0 atom stereocenters. The van der Waals surface area contributed by atoms with Gasteiger partial charge in [-0.1, -0.05) is 12.1 Å². The average molecular weight is 306 g/mol. The molecule has 22 heavy (non-hydrogen) atoms. The van der Waals surface area contributed by atoms with E-state index in [-0.39, 0.29) is 19.1 Å². The second-order valence-electron chi connectivity index (χ2n) is 5.54. The highest BCUT2D eigenvalue weighted by Gasteiger charge is 2.22. The van der Waals surface area contributed by atoms with Crippen LogP contribution < -0.4 is 4.74 Å². The third kappa shape index (κ3) is 4.21. The number of hydrogen-bond acceptors (Lipinski definition) is 4. The number of piperazine rings is 1. The zero-order valence-electron chi connectivity index (χ0n) is 13.0. The molecule has 0 spiro atoms. The first-order valence-corrected chi connectivity index (χ1v) is 7.38. The minimum absolute atomic E-state index is 0.0171. The number of carbonyl (C=O) groups excluding carboxylic acids is 1. The van der Waals surface area contributed by atoms with Crippen LogP contribution in [0.25, 0.3) is 0 Å². The third-order valence-corrected chi connectivity index (χ3v) is 3.99. The zero-order valence-corrected chi connectivity index (χ0v) is 13.0. The fourth-order valence-electron chi connectivity index (χ4n) is 2.46. The van der Waals surface area contributed by atoms with Crippen molar-refractivity contribution in [1.82, 2.24) is 9.80 Å². The first-order chi connectivity index (χ1) is 10.5. The van der Waals surface area contributed by atoms with Crippen LogP contribution in [0.2, 0.25) is 0 Å². The summed E-state index contributed by atoms with van der Waals surface area (Å²) < 4.78 is 5.63. The van der Waals surface area contributed by atoms with Crippen molar-refractivity contribution in [2.45, 2.75) is 13.8 Å². The highest BCUT2D eigenvalue weighted by molar-refractivity contribution is 5.78. The van der Waals surface area contributed by atoms with Gasteiger partial charge in [0.15, 0.2) is 6.61 Å². The molecule has 1 amide bonds. The van der Waals surface area contributed by atoms with E-state index in [0.29, 0.717) is 26.2 Å². The third-order valence-electron chi connectivity index (χ3n) is 3.99. The average Bonchev–Trinajstić information content (AvgIpc) is 2.48. The van der Waals surface area contributed by atoms with Gasteiger partial charge in [0.05, 0.1) is 6.54 Å². The van der Waals surface area contributed by atoms with Gasteiger partial charge in [-0.3, -0.25) is 14.5 Å². The molecule has 0 aromatic heterocycles. The Morgan fingerprint density at radius 1 is 1.18 bits per heavy atom. The first-order valence-electron chi connectivity index (χ1n) is 7.38. The number of ether oxygens (including phenoxy) is 1. The minimum Gasteiger partial charge on any atom is -0.483 e. The van der Waals surface area contributed by atoms with Gasteiger partial charge in [-0.05, 0) is 31.0 Å². The Morgan fingerprint density at radius 3 is 2.50 bits per heavy atom. The summed E-state index contributed by atoms with van der Waals surface area (Å²) in [4.78, 5) is 26.4. The molecule has 1 fully saturated rings. The summed E-state index contributed by atoms with van der Waals surface area (Å²) >= 11 is 0. The Labute approximate surface area is 130 Å². The summed E-state index contributed by atoms with van der Waals surface area (Å²) in [6, 6.07) is 5.78.